The van der Waals surface area contributed by atoms with E-state index in [1.807, 2.05) is 42.5 Å². The van der Waals surface area contributed by atoms with Crippen LogP contribution < -0.4 is 0 Å². The number of aryl methyl sites for hydroxylation is 1. The molecule has 4 nitrogen and oxygen atoms in total. The highest BCUT2D eigenvalue weighted by atomic mass is 16.4. The molecule has 0 saturated heterocycles. The second-order valence-corrected chi connectivity index (χ2v) is 10.4. The van der Waals surface area contributed by atoms with Gasteiger partial charge in [0, 0.05) is 0 Å². The van der Waals surface area contributed by atoms with Gasteiger partial charge < -0.3 is 10.2 Å². The first kappa shape index (κ1) is 26.4. The Balaban J connectivity index is 2.01. The molecule has 0 amide bonds. The molecule has 0 spiro atoms. The molecule has 4 heteroatoms. The molecule has 1 aliphatic rings. The normalized spacial score (nSPS) is 13.8. The molecule has 0 heterocycles. The van der Waals surface area contributed by atoms with Gasteiger partial charge in [-0.25, -0.2) is 9.59 Å². The van der Waals surface area contributed by atoms with Crippen LogP contribution in [-0.2, 0) is 6.42 Å². The van der Waals surface area contributed by atoms with Crippen molar-refractivity contribution in [1.29, 1.82) is 0 Å². The van der Waals surface area contributed by atoms with Gasteiger partial charge in [-0.3, -0.25) is 0 Å². The Morgan fingerprint density at radius 3 is 1.79 bits per heavy atom. The summed E-state index contributed by atoms with van der Waals surface area (Å²) in [7, 11) is 0. The average molecular weight is 519 g/mol. The van der Waals surface area contributed by atoms with E-state index in [4.69, 9.17) is 0 Å². The Kier molecular flexibility index (Phi) is 7.92. The lowest BCUT2D eigenvalue weighted by Crippen LogP contribution is -2.11. The predicted molar refractivity (Wildman–Crippen MR) is 156 cm³/mol. The Morgan fingerprint density at radius 1 is 0.692 bits per heavy atom. The van der Waals surface area contributed by atoms with E-state index in [1.165, 1.54) is 24.8 Å². The topological polar surface area (TPSA) is 74.6 Å². The van der Waals surface area contributed by atoms with Gasteiger partial charge in [0.05, 0.1) is 11.1 Å². The lowest BCUT2D eigenvalue weighted by molar-refractivity contribution is 0.0686. The zero-order valence-electron chi connectivity index (χ0n) is 22.3. The van der Waals surface area contributed by atoms with Crippen molar-refractivity contribution in [3.63, 3.8) is 0 Å². The molecule has 0 atom stereocenters. The van der Waals surface area contributed by atoms with Gasteiger partial charge in [-0.2, -0.15) is 0 Å². The van der Waals surface area contributed by atoms with E-state index in [2.05, 4.69) is 25.1 Å². The summed E-state index contributed by atoms with van der Waals surface area (Å²) in [6, 6.07) is 26.7. The van der Waals surface area contributed by atoms with Crippen molar-refractivity contribution in [3.05, 3.63) is 107 Å². The quantitative estimate of drug-likeness (QED) is 0.244. The van der Waals surface area contributed by atoms with Crippen LogP contribution in [0.1, 0.15) is 83.2 Å². The van der Waals surface area contributed by atoms with E-state index in [-0.39, 0.29) is 11.1 Å². The van der Waals surface area contributed by atoms with Crippen LogP contribution >= 0.6 is 0 Å². The highest BCUT2D eigenvalue weighted by molar-refractivity contribution is 6.07. The smallest absolute Gasteiger partial charge is 0.336 e. The summed E-state index contributed by atoms with van der Waals surface area (Å²) >= 11 is 0. The van der Waals surface area contributed by atoms with E-state index in [9.17, 15) is 19.8 Å². The lowest BCUT2D eigenvalue weighted by Gasteiger charge is -2.30. The van der Waals surface area contributed by atoms with Crippen molar-refractivity contribution >= 4 is 11.9 Å². The van der Waals surface area contributed by atoms with Gasteiger partial charge >= 0.3 is 11.9 Å². The Hall–Kier alpha value is -4.18. The molecular weight excluding hydrogens is 484 g/mol. The average Bonchev–Trinajstić information content (AvgIpc) is 2.97. The molecule has 5 rings (SSSR count). The van der Waals surface area contributed by atoms with Gasteiger partial charge in [0.15, 0.2) is 0 Å². The standard InChI is InChI=1S/C35H34O4/c1-2-13-25-22-30(23-14-5-3-6-15-23)31(24-16-7-4-8-17-24)33(27-19-10-12-21-29(27)35(38)39)32(25)26-18-9-11-20-28(26)34(36)37/h4,7-12,16-23H,2-3,5-6,13-15H2,1H3,(H,36,37)(H,38,39). The maximum Gasteiger partial charge on any atom is 0.336 e. The summed E-state index contributed by atoms with van der Waals surface area (Å²) in [4.78, 5) is 25.0. The minimum atomic E-state index is -0.998. The van der Waals surface area contributed by atoms with Gasteiger partial charge in [0.2, 0.25) is 0 Å². The second kappa shape index (κ2) is 11.7. The van der Waals surface area contributed by atoms with E-state index in [0.717, 1.165) is 53.5 Å². The molecular formula is C35H34O4. The molecule has 4 aromatic carbocycles. The van der Waals surface area contributed by atoms with Gasteiger partial charge in [-0.1, -0.05) is 105 Å². The summed E-state index contributed by atoms with van der Waals surface area (Å²) in [6.07, 6.45) is 7.42. The fraction of sp³-hybridized carbons (Fsp3) is 0.257. The lowest BCUT2D eigenvalue weighted by atomic mass is 9.74. The number of hydrogen-bond acceptors (Lipinski definition) is 2. The SMILES string of the molecule is CCCc1cc(C2CCCCC2)c(-c2ccccc2)c(-c2ccccc2C(=O)O)c1-c1ccccc1C(=O)O. The number of benzene rings is 4. The van der Waals surface area contributed by atoms with Gasteiger partial charge in [-0.05, 0) is 81.8 Å². The minimum absolute atomic E-state index is 0.215. The first-order chi connectivity index (χ1) is 19.0. The van der Waals surface area contributed by atoms with Crippen LogP contribution in [0.15, 0.2) is 84.9 Å². The third-order valence-corrected chi connectivity index (χ3v) is 7.92. The molecule has 0 aliphatic heterocycles. The first-order valence-electron chi connectivity index (χ1n) is 13.9. The molecule has 4 aromatic rings. The summed E-state index contributed by atoms with van der Waals surface area (Å²) in [5.74, 6) is -1.63. The Labute approximate surface area is 230 Å². The van der Waals surface area contributed by atoms with Crippen molar-refractivity contribution in [2.75, 3.05) is 0 Å². The van der Waals surface area contributed by atoms with E-state index in [1.54, 1.807) is 24.3 Å². The van der Waals surface area contributed by atoms with Crippen LogP contribution in [-0.4, -0.2) is 22.2 Å². The van der Waals surface area contributed by atoms with Crippen molar-refractivity contribution < 1.29 is 19.8 Å². The van der Waals surface area contributed by atoms with Crippen LogP contribution in [0.4, 0.5) is 0 Å². The van der Waals surface area contributed by atoms with Gasteiger partial charge in [0.25, 0.3) is 0 Å². The predicted octanol–water partition coefficient (Wildman–Crippen LogP) is 9.08. The van der Waals surface area contributed by atoms with Crippen LogP contribution in [0.25, 0.3) is 33.4 Å². The van der Waals surface area contributed by atoms with E-state index in [0.29, 0.717) is 17.0 Å². The zero-order chi connectivity index (χ0) is 27.4. The van der Waals surface area contributed by atoms with E-state index >= 15 is 0 Å². The maximum absolute atomic E-state index is 12.6. The number of rotatable bonds is 8. The third-order valence-electron chi connectivity index (χ3n) is 7.92. The Bertz CT molecular complexity index is 1500. The highest BCUT2D eigenvalue weighted by Crippen LogP contribution is 2.50. The molecule has 1 saturated carbocycles. The van der Waals surface area contributed by atoms with Crippen LogP contribution in [0.3, 0.4) is 0 Å². The highest BCUT2D eigenvalue weighted by Gasteiger charge is 2.29. The molecule has 0 unspecified atom stereocenters. The molecule has 39 heavy (non-hydrogen) atoms. The molecule has 2 N–H and O–H groups in total. The molecule has 1 fully saturated rings. The van der Waals surface area contributed by atoms with Crippen molar-refractivity contribution in [2.45, 2.75) is 57.8 Å². The molecule has 1 aliphatic carbocycles. The molecule has 198 valence electrons. The third kappa shape index (κ3) is 5.24. The van der Waals surface area contributed by atoms with Gasteiger partial charge in [-0.15, -0.1) is 0 Å². The summed E-state index contributed by atoms with van der Waals surface area (Å²) in [5.41, 5.74) is 7.67. The zero-order valence-corrected chi connectivity index (χ0v) is 22.3. The number of carboxylic acid groups (broad SMARTS) is 2. The number of aromatic carboxylic acids is 2. The fourth-order valence-electron chi connectivity index (χ4n) is 6.23. The Morgan fingerprint density at radius 2 is 1.23 bits per heavy atom. The minimum Gasteiger partial charge on any atom is -0.478 e. The second-order valence-electron chi connectivity index (χ2n) is 10.4. The molecule has 0 aromatic heterocycles. The largest absolute Gasteiger partial charge is 0.478 e. The number of hydrogen-bond donors (Lipinski definition) is 2. The van der Waals surface area contributed by atoms with Crippen molar-refractivity contribution in [3.8, 4) is 33.4 Å². The van der Waals surface area contributed by atoms with Gasteiger partial charge in [0.1, 0.15) is 0 Å². The maximum atomic E-state index is 12.6. The summed E-state index contributed by atoms with van der Waals surface area (Å²) in [6.45, 7) is 2.13. The first-order valence-corrected chi connectivity index (χ1v) is 13.9. The fourth-order valence-corrected chi connectivity index (χ4v) is 6.23. The number of carbonyl (C=O) groups is 2. The van der Waals surface area contributed by atoms with E-state index < -0.39 is 11.9 Å². The van der Waals surface area contributed by atoms with Crippen LogP contribution in [0.2, 0.25) is 0 Å². The summed E-state index contributed by atoms with van der Waals surface area (Å²) in [5, 5.41) is 20.5. The van der Waals surface area contributed by atoms with Crippen molar-refractivity contribution in [1.82, 2.24) is 0 Å². The molecule has 0 bridgehead atoms. The number of carboxylic acids is 2. The molecule has 0 radical (unpaired) electrons. The van der Waals surface area contributed by atoms with Crippen molar-refractivity contribution in [2.24, 2.45) is 0 Å². The van der Waals surface area contributed by atoms with Crippen LogP contribution in [0, 0.1) is 0 Å². The monoisotopic (exact) mass is 518 g/mol. The van der Waals surface area contributed by atoms with Crippen LogP contribution in [0.5, 0.6) is 0 Å². The summed E-state index contributed by atoms with van der Waals surface area (Å²) < 4.78 is 0.